The molecule has 0 aromatic carbocycles. The van der Waals surface area contributed by atoms with Crippen LogP contribution < -0.4 is 0 Å². The van der Waals surface area contributed by atoms with Gasteiger partial charge in [0.25, 0.3) is 0 Å². The van der Waals surface area contributed by atoms with Crippen molar-refractivity contribution in [3.8, 4) is 0 Å². The molecule has 0 N–H and O–H groups in total. The molecular weight excluding hydrogens is 308 g/mol. The molecule has 1 aromatic rings. The van der Waals surface area contributed by atoms with Crippen LogP contribution in [-0.2, 0) is 16.1 Å². The molecule has 1 amide bonds. The van der Waals surface area contributed by atoms with Gasteiger partial charge >= 0.3 is 5.97 Å². The Morgan fingerprint density at radius 1 is 1.42 bits per heavy atom. The fraction of sp³-hybridized carbons (Fsp3) is 0.722. The van der Waals surface area contributed by atoms with Crippen molar-refractivity contribution >= 4 is 11.9 Å². The lowest BCUT2D eigenvalue weighted by Crippen LogP contribution is -2.34. The standard InChI is InChI=1S/C18H28N2O4/c1-12(9-18(2,3)4)8-16(21)20(13-6-7-13)10-15-19-14(11-24-15)17(22)23-5/h11-13H,6-10H2,1-5H3/t12-/m1/s1. The van der Waals surface area contributed by atoms with Gasteiger partial charge in [0.15, 0.2) is 5.69 Å². The Bertz CT molecular complexity index is 584. The van der Waals surface area contributed by atoms with Crippen LogP contribution >= 0.6 is 0 Å². The summed E-state index contributed by atoms with van der Waals surface area (Å²) in [5, 5.41) is 0. The first-order chi connectivity index (χ1) is 11.2. The molecule has 0 radical (unpaired) electrons. The van der Waals surface area contributed by atoms with E-state index < -0.39 is 5.97 Å². The first-order valence-corrected chi connectivity index (χ1v) is 8.52. The van der Waals surface area contributed by atoms with Crippen LogP contribution in [0.15, 0.2) is 10.7 Å². The highest BCUT2D eigenvalue weighted by Crippen LogP contribution is 2.31. The van der Waals surface area contributed by atoms with Crippen molar-refractivity contribution in [2.45, 2.75) is 66.0 Å². The number of amides is 1. The lowest BCUT2D eigenvalue weighted by Gasteiger charge is -2.26. The Labute approximate surface area is 143 Å². The largest absolute Gasteiger partial charge is 0.464 e. The van der Waals surface area contributed by atoms with Gasteiger partial charge in [0, 0.05) is 12.5 Å². The Balaban J connectivity index is 1.98. The third-order valence-electron chi connectivity index (χ3n) is 4.04. The van der Waals surface area contributed by atoms with Crippen molar-refractivity contribution in [3.05, 3.63) is 17.8 Å². The third-order valence-corrected chi connectivity index (χ3v) is 4.04. The van der Waals surface area contributed by atoms with Crippen LogP contribution in [0.25, 0.3) is 0 Å². The van der Waals surface area contributed by atoms with E-state index in [-0.39, 0.29) is 23.1 Å². The highest BCUT2D eigenvalue weighted by Gasteiger charge is 2.34. The molecule has 1 atom stereocenters. The highest BCUT2D eigenvalue weighted by atomic mass is 16.5. The van der Waals surface area contributed by atoms with Crippen LogP contribution in [0.5, 0.6) is 0 Å². The summed E-state index contributed by atoms with van der Waals surface area (Å²) >= 11 is 0. The smallest absolute Gasteiger partial charge is 0.360 e. The maximum Gasteiger partial charge on any atom is 0.360 e. The Morgan fingerprint density at radius 3 is 2.62 bits per heavy atom. The number of carbonyl (C=O) groups excluding carboxylic acids is 2. The van der Waals surface area contributed by atoms with Gasteiger partial charge in [-0.25, -0.2) is 9.78 Å². The number of ether oxygens (including phenoxy) is 1. The summed E-state index contributed by atoms with van der Waals surface area (Å²) in [5.74, 6) is 0.299. The Kier molecular flexibility index (Phi) is 5.67. The van der Waals surface area contributed by atoms with Crippen LogP contribution in [0.4, 0.5) is 0 Å². The lowest BCUT2D eigenvalue weighted by atomic mass is 9.84. The van der Waals surface area contributed by atoms with Crippen LogP contribution in [0.1, 0.15) is 69.8 Å². The average Bonchev–Trinajstić information content (AvgIpc) is 3.20. The van der Waals surface area contributed by atoms with Gasteiger partial charge in [0.1, 0.15) is 6.26 Å². The summed E-state index contributed by atoms with van der Waals surface area (Å²) in [7, 11) is 1.30. The molecule has 0 unspecified atom stereocenters. The molecule has 6 heteroatoms. The molecule has 1 aliphatic carbocycles. The molecule has 0 saturated heterocycles. The number of hydrogen-bond acceptors (Lipinski definition) is 5. The first kappa shape index (κ1) is 18.5. The molecule has 1 aromatic heterocycles. The molecule has 1 fully saturated rings. The minimum Gasteiger partial charge on any atom is -0.464 e. The van der Waals surface area contributed by atoms with E-state index in [0.29, 0.717) is 24.8 Å². The summed E-state index contributed by atoms with van der Waals surface area (Å²) in [6.45, 7) is 8.99. The summed E-state index contributed by atoms with van der Waals surface area (Å²) in [6.07, 6.45) is 4.84. The van der Waals surface area contributed by atoms with Crippen molar-refractivity contribution in [1.29, 1.82) is 0 Å². The maximum absolute atomic E-state index is 12.7. The highest BCUT2D eigenvalue weighted by molar-refractivity contribution is 5.86. The van der Waals surface area contributed by atoms with E-state index in [1.54, 1.807) is 0 Å². The second-order valence-corrected chi connectivity index (χ2v) is 7.94. The van der Waals surface area contributed by atoms with Gasteiger partial charge in [-0.05, 0) is 30.6 Å². The molecule has 24 heavy (non-hydrogen) atoms. The Hall–Kier alpha value is -1.85. The van der Waals surface area contributed by atoms with E-state index in [1.165, 1.54) is 13.4 Å². The number of oxazole rings is 1. The third kappa shape index (κ3) is 5.35. The van der Waals surface area contributed by atoms with Gasteiger partial charge in [0.2, 0.25) is 11.8 Å². The van der Waals surface area contributed by atoms with E-state index in [0.717, 1.165) is 19.3 Å². The van der Waals surface area contributed by atoms with Crippen LogP contribution in [-0.4, -0.2) is 34.9 Å². The molecule has 1 heterocycles. The molecule has 0 spiro atoms. The summed E-state index contributed by atoms with van der Waals surface area (Å²) in [6, 6.07) is 0.271. The number of methoxy groups -OCH3 is 1. The van der Waals surface area contributed by atoms with E-state index in [1.807, 2.05) is 4.90 Å². The number of rotatable bonds is 7. The zero-order valence-corrected chi connectivity index (χ0v) is 15.3. The SMILES string of the molecule is COC(=O)c1coc(CN(C(=O)C[C@@H](C)CC(C)(C)C)C2CC2)n1. The Morgan fingerprint density at radius 2 is 2.08 bits per heavy atom. The first-order valence-electron chi connectivity index (χ1n) is 8.52. The summed E-state index contributed by atoms with van der Waals surface area (Å²) in [5.41, 5.74) is 0.346. The van der Waals surface area contributed by atoms with Crippen molar-refractivity contribution < 1.29 is 18.7 Å². The number of esters is 1. The van der Waals surface area contributed by atoms with E-state index in [4.69, 9.17) is 4.42 Å². The molecule has 0 aliphatic heterocycles. The zero-order chi connectivity index (χ0) is 17.9. The van der Waals surface area contributed by atoms with Gasteiger partial charge in [-0.2, -0.15) is 0 Å². The van der Waals surface area contributed by atoms with Crippen molar-refractivity contribution in [1.82, 2.24) is 9.88 Å². The fourth-order valence-corrected chi connectivity index (χ4v) is 3.07. The lowest BCUT2D eigenvalue weighted by molar-refractivity contribution is -0.133. The molecule has 2 rings (SSSR count). The van der Waals surface area contributed by atoms with E-state index in [9.17, 15) is 9.59 Å². The monoisotopic (exact) mass is 336 g/mol. The average molecular weight is 336 g/mol. The van der Waals surface area contributed by atoms with E-state index in [2.05, 4.69) is 37.4 Å². The maximum atomic E-state index is 12.7. The molecule has 6 nitrogen and oxygen atoms in total. The van der Waals surface area contributed by atoms with Gasteiger partial charge in [-0.1, -0.05) is 27.7 Å². The molecule has 0 bridgehead atoms. The van der Waals surface area contributed by atoms with Gasteiger partial charge in [-0.15, -0.1) is 0 Å². The number of hydrogen-bond donors (Lipinski definition) is 0. The number of carbonyl (C=O) groups is 2. The number of aromatic nitrogens is 1. The predicted molar refractivity (Wildman–Crippen MR) is 89.3 cm³/mol. The minimum atomic E-state index is -0.534. The molecule has 134 valence electrons. The molecule has 1 aliphatic rings. The van der Waals surface area contributed by atoms with E-state index >= 15 is 0 Å². The fourth-order valence-electron chi connectivity index (χ4n) is 3.07. The van der Waals surface area contributed by atoms with Gasteiger partial charge in [0.05, 0.1) is 13.7 Å². The topological polar surface area (TPSA) is 72.6 Å². The second-order valence-electron chi connectivity index (χ2n) is 7.94. The predicted octanol–water partition coefficient (Wildman–Crippen LogP) is 3.41. The number of nitrogens with zero attached hydrogens (tertiary/aromatic N) is 2. The van der Waals surface area contributed by atoms with Crippen molar-refractivity contribution in [3.63, 3.8) is 0 Å². The summed E-state index contributed by atoms with van der Waals surface area (Å²) in [4.78, 5) is 30.1. The molecule has 1 saturated carbocycles. The minimum absolute atomic E-state index is 0.132. The zero-order valence-electron chi connectivity index (χ0n) is 15.3. The van der Waals surface area contributed by atoms with Crippen LogP contribution in [0.3, 0.4) is 0 Å². The molecular formula is C18H28N2O4. The normalized spacial score (nSPS) is 15.9. The van der Waals surface area contributed by atoms with Crippen LogP contribution in [0, 0.1) is 11.3 Å². The van der Waals surface area contributed by atoms with Crippen LogP contribution in [0.2, 0.25) is 0 Å². The van der Waals surface area contributed by atoms with Gasteiger partial charge in [-0.3, -0.25) is 4.79 Å². The quantitative estimate of drug-likeness (QED) is 0.713. The van der Waals surface area contributed by atoms with Gasteiger partial charge < -0.3 is 14.1 Å². The van der Waals surface area contributed by atoms with Crippen molar-refractivity contribution in [2.24, 2.45) is 11.3 Å². The van der Waals surface area contributed by atoms with Crippen molar-refractivity contribution in [2.75, 3.05) is 7.11 Å². The second kappa shape index (κ2) is 7.36. The summed E-state index contributed by atoms with van der Waals surface area (Å²) < 4.78 is 9.94.